The summed E-state index contributed by atoms with van der Waals surface area (Å²) in [5.74, 6) is -2.20. The van der Waals surface area contributed by atoms with Gasteiger partial charge in [-0.15, -0.1) is 0 Å². The van der Waals surface area contributed by atoms with E-state index in [-0.39, 0.29) is 0 Å². The van der Waals surface area contributed by atoms with Crippen LogP contribution in [0.1, 0.15) is 46.6 Å². The number of carbonyl (C=O) groups excluding carboxylic acids is 1. The summed E-state index contributed by atoms with van der Waals surface area (Å²) < 4.78 is 104. The van der Waals surface area contributed by atoms with Crippen molar-refractivity contribution in [2.75, 3.05) is 0 Å². The molecule has 0 fully saturated rings. The molecule has 0 aromatic rings. The van der Waals surface area contributed by atoms with Crippen molar-refractivity contribution < 1.29 is 28.7 Å². The highest BCUT2D eigenvalue weighted by atomic mass is 16.6. The molecule has 0 saturated heterocycles. The van der Waals surface area contributed by atoms with Crippen LogP contribution in [0.4, 0.5) is 0 Å². The quantitative estimate of drug-likeness (QED) is 0.428. The molecule has 0 aromatic heterocycles. The first-order valence-electron chi connectivity index (χ1n) is 9.11. The van der Waals surface area contributed by atoms with Crippen LogP contribution in [-0.4, -0.2) is 11.6 Å². The zero-order valence-electron chi connectivity index (χ0n) is 18.8. The average molecular weight is 156 g/mol. The van der Waals surface area contributed by atoms with Crippen molar-refractivity contribution in [2.45, 2.75) is 33.0 Å². The van der Waals surface area contributed by atoms with Crippen molar-refractivity contribution in [1.29, 1.82) is 0 Å². The van der Waals surface area contributed by atoms with E-state index in [0.717, 1.165) is 0 Å². The predicted octanol–water partition coefficient (Wildman–Crippen LogP) is 1.90. The molecule has 0 spiro atoms. The summed E-state index contributed by atoms with van der Waals surface area (Å²) in [6, 6.07) is 0. The topological polar surface area (TPSA) is 26.3 Å². The lowest BCUT2D eigenvalue weighted by Gasteiger charge is -2.19. The molecule has 2 heteroatoms. The highest BCUT2D eigenvalue weighted by molar-refractivity contribution is 5.87. The lowest BCUT2D eigenvalue weighted by atomic mass is 10.2. The highest BCUT2D eigenvalue weighted by Gasteiger charge is 2.15. The third kappa shape index (κ3) is 4.13. The Kier molecular flexibility index (Phi) is 0.360. The number of hydrogen-bond donors (Lipinski definition) is 0. The van der Waals surface area contributed by atoms with Crippen molar-refractivity contribution in [3.8, 4) is 0 Å². The second-order valence-electron chi connectivity index (χ2n) is 1.45. The summed E-state index contributed by atoms with van der Waals surface area (Å²) >= 11 is 0. The van der Waals surface area contributed by atoms with Crippen LogP contribution in [0.2, 0.25) is 0 Å². The van der Waals surface area contributed by atoms with E-state index < -0.39 is 51.1 Å². The van der Waals surface area contributed by atoms with E-state index in [4.69, 9.17) is 19.2 Å². The minimum Gasteiger partial charge on any atom is -0.457 e. The fraction of sp³-hybridized carbons (Fsp3) is 0.625. The number of esters is 1. The summed E-state index contributed by atoms with van der Waals surface area (Å²) in [6.45, 7) is -16.7. The first-order valence-corrected chi connectivity index (χ1v) is 2.11. The first-order chi connectivity index (χ1) is 10.2. The zero-order chi connectivity index (χ0) is 19.9. The Morgan fingerprint density at radius 2 is 2.40 bits per heavy atom. The Morgan fingerprint density at radius 3 is 2.80 bits per heavy atom. The number of hydrogen-bond acceptors (Lipinski definition) is 2. The van der Waals surface area contributed by atoms with E-state index in [0.29, 0.717) is 0 Å². The van der Waals surface area contributed by atoms with Crippen LogP contribution < -0.4 is 0 Å². The van der Waals surface area contributed by atoms with Crippen LogP contribution >= 0.6 is 0 Å². The van der Waals surface area contributed by atoms with E-state index in [1.165, 1.54) is 0 Å². The van der Waals surface area contributed by atoms with Gasteiger partial charge in [-0.25, -0.2) is 4.79 Å². The van der Waals surface area contributed by atoms with Gasteiger partial charge in [0.15, 0.2) is 0 Å². The molecule has 0 bridgehead atoms. The minimum atomic E-state index is -4.03. The molecule has 0 aliphatic carbocycles. The van der Waals surface area contributed by atoms with Gasteiger partial charge in [0.25, 0.3) is 0 Å². The van der Waals surface area contributed by atoms with Gasteiger partial charge in [0.1, 0.15) is 5.60 Å². The maximum atomic E-state index is 12.0. The molecule has 0 aliphatic heterocycles. The fourth-order valence-electron chi connectivity index (χ4n) is 0.190. The lowest BCUT2D eigenvalue weighted by Crippen LogP contribution is -2.23. The molecule has 0 aliphatic rings. The normalized spacial score (nSPS) is 36.0. The van der Waals surface area contributed by atoms with Gasteiger partial charge in [-0.05, 0) is 27.4 Å². The molecule has 0 amide bonds. The highest BCUT2D eigenvalue weighted by Crippen LogP contribution is 2.09. The Labute approximate surface area is 81.5 Å². The second kappa shape index (κ2) is 2.86. The van der Waals surface area contributed by atoms with Crippen LogP contribution in [0.15, 0.2) is 12.1 Å². The van der Waals surface area contributed by atoms with Crippen LogP contribution in [0.25, 0.3) is 0 Å². The van der Waals surface area contributed by atoms with Crippen LogP contribution in [-0.2, 0) is 9.53 Å². The van der Waals surface area contributed by atoms with E-state index >= 15 is 0 Å². The van der Waals surface area contributed by atoms with Gasteiger partial charge in [-0.2, -0.15) is 0 Å². The molecule has 2 nitrogen and oxygen atoms in total. The van der Waals surface area contributed by atoms with Crippen molar-refractivity contribution in [3.63, 3.8) is 0 Å². The molecular weight excluding hydrogens is 128 g/mol. The van der Waals surface area contributed by atoms with E-state index in [2.05, 4.69) is 4.74 Å². The number of ether oxygens (including phenoxy) is 1. The predicted molar refractivity (Wildman–Crippen MR) is 40.7 cm³/mol. The molecule has 0 saturated carbocycles. The molecule has 0 atom stereocenters. The van der Waals surface area contributed by atoms with Gasteiger partial charge >= 0.3 is 5.97 Å². The van der Waals surface area contributed by atoms with E-state index in [1.54, 1.807) is 0 Å². The monoisotopic (exact) mass is 156 g/mol. The van der Waals surface area contributed by atoms with Crippen molar-refractivity contribution >= 4 is 5.97 Å². The molecule has 0 aromatic carbocycles. The summed E-state index contributed by atoms with van der Waals surface area (Å²) in [5.41, 5.74) is -5.67. The van der Waals surface area contributed by atoms with Gasteiger partial charge in [0.05, 0.1) is 2.74 Å². The molecule has 0 unspecified atom stereocenters. The SMILES string of the molecule is [2H]C([2H])=C(C(=O)OC(C([2H])([2H])[2H])(C([2H])([2H])[2H])C([2H])([2H])[2H])C([2H])([2H])[2H]. The molecule has 58 valence electrons. The molecule has 0 radical (unpaired) electrons. The van der Waals surface area contributed by atoms with Crippen molar-refractivity contribution in [1.82, 2.24) is 0 Å². The summed E-state index contributed by atoms with van der Waals surface area (Å²) in [5, 5.41) is 0. The van der Waals surface area contributed by atoms with Crippen molar-refractivity contribution in [2.24, 2.45) is 0 Å². The Balaban J connectivity index is 6.48. The Bertz CT molecular complexity index is 475. The average Bonchev–Trinajstić information content (AvgIpc) is 2.16. The Hall–Kier alpha value is -0.790. The maximum absolute atomic E-state index is 12.0. The summed E-state index contributed by atoms with van der Waals surface area (Å²) in [6.07, 6.45) is 0. The fourth-order valence-corrected chi connectivity index (χ4v) is 0.190. The van der Waals surface area contributed by atoms with Gasteiger partial charge in [-0.3, -0.25) is 0 Å². The summed E-state index contributed by atoms with van der Waals surface area (Å²) in [4.78, 5) is 12.0. The standard InChI is InChI=1S/C8H14O2/c1-6(2)7(9)10-8(3,4)5/h1H2,2-5H3/i1D2,2D3,3D3,4D3,5D3. The van der Waals surface area contributed by atoms with Crippen LogP contribution in [0.3, 0.4) is 0 Å². The lowest BCUT2D eigenvalue weighted by molar-refractivity contribution is -0.149. The second-order valence-corrected chi connectivity index (χ2v) is 1.45. The molecular formula is C8H14O2. The Morgan fingerprint density at radius 1 is 1.70 bits per heavy atom. The van der Waals surface area contributed by atoms with Crippen molar-refractivity contribution in [3.05, 3.63) is 12.1 Å². The molecule has 0 rings (SSSR count). The number of rotatable bonds is 1. The van der Waals surface area contributed by atoms with Crippen LogP contribution in [0.5, 0.6) is 0 Å². The molecule has 0 heterocycles. The largest absolute Gasteiger partial charge is 0.457 e. The summed E-state index contributed by atoms with van der Waals surface area (Å²) in [7, 11) is 0. The van der Waals surface area contributed by atoms with E-state index in [9.17, 15) is 4.79 Å². The van der Waals surface area contributed by atoms with Gasteiger partial charge in [0.2, 0.25) is 0 Å². The van der Waals surface area contributed by atoms with Gasteiger partial charge in [0, 0.05) is 22.0 Å². The number of carbonyl (C=O) groups is 1. The minimum absolute atomic E-state index is 1.59. The molecule has 0 N–H and O–H groups in total. The van der Waals surface area contributed by atoms with Gasteiger partial charge < -0.3 is 4.74 Å². The third-order valence-electron chi connectivity index (χ3n) is 0.450. The van der Waals surface area contributed by atoms with Crippen LogP contribution in [0, 0.1) is 0 Å². The van der Waals surface area contributed by atoms with E-state index in [1.807, 2.05) is 0 Å². The maximum Gasteiger partial charge on any atom is 0.333 e. The third-order valence-corrected chi connectivity index (χ3v) is 0.450. The molecule has 10 heavy (non-hydrogen) atoms. The zero-order valence-corrected chi connectivity index (χ0v) is 4.82. The first kappa shape index (κ1) is 1.26. The van der Waals surface area contributed by atoms with Gasteiger partial charge in [-0.1, -0.05) is 6.53 Å². The smallest absolute Gasteiger partial charge is 0.333 e.